The zero-order chi connectivity index (χ0) is 14.1. The van der Waals surface area contributed by atoms with Gasteiger partial charge in [-0.25, -0.2) is 4.79 Å². The number of carbonyl (C=O) groups is 2. The van der Waals surface area contributed by atoms with Crippen LogP contribution >= 0.6 is 11.8 Å². The van der Waals surface area contributed by atoms with Crippen LogP contribution in [0.5, 0.6) is 5.75 Å². The van der Waals surface area contributed by atoms with Crippen LogP contribution in [0.1, 0.15) is 23.2 Å². The lowest BCUT2D eigenvalue weighted by atomic mass is 10.1. The number of benzene rings is 1. The van der Waals surface area contributed by atoms with E-state index in [4.69, 9.17) is 4.74 Å². The van der Waals surface area contributed by atoms with Gasteiger partial charge in [-0.05, 0) is 30.7 Å². The van der Waals surface area contributed by atoms with Crippen molar-refractivity contribution in [3.05, 3.63) is 23.8 Å². The first kappa shape index (κ1) is 13.3. The van der Waals surface area contributed by atoms with Crippen LogP contribution in [-0.2, 0) is 4.79 Å². The highest BCUT2D eigenvalue weighted by Gasteiger charge is 2.33. The average molecular weight is 293 g/mol. The van der Waals surface area contributed by atoms with Gasteiger partial charge >= 0.3 is 5.97 Å². The predicted octanol–water partition coefficient (Wildman–Crippen LogP) is 2.01. The van der Waals surface area contributed by atoms with E-state index in [-0.39, 0.29) is 16.7 Å². The van der Waals surface area contributed by atoms with Gasteiger partial charge in [0, 0.05) is 0 Å². The standard InChI is InChI=1S/C14H15NO4S/c16-13(11-5-2-8-20-11)15-6-7-19-12-9(14(17)18)3-1-4-10(12)15/h1,3-4,11H,2,5-8H2,(H,17,18). The Balaban J connectivity index is 1.95. The molecule has 3 rings (SSSR count). The Hall–Kier alpha value is -1.69. The molecule has 6 heteroatoms. The normalized spacial score (nSPS) is 21.2. The summed E-state index contributed by atoms with van der Waals surface area (Å²) in [4.78, 5) is 25.4. The molecular weight excluding hydrogens is 278 g/mol. The molecule has 2 heterocycles. The first-order valence-electron chi connectivity index (χ1n) is 6.60. The van der Waals surface area contributed by atoms with Crippen LogP contribution in [0.2, 0.25) is 0 Å². The predicted molar refractivity (Wildman–Crippen MR) is 76.7 cm³/mol. The number of fused-ring (bicyclic) bond motifs is 1. The number of nitrogens with zero attached hydrogens (tertiary/aromatic N) is 1. The van der Waals surface area contributed by atoms with E-state index in [1.807, 2.05) is 0 Å². The van der Waals surface area contributed by atoms with Gasteiger partial charge in [-0.3, -0.25) is 4.79 Å². The fraction of sp³-hybridized carbons (Fsp3) is 0.429. The zero-order valence-electron chi connectivity index (χ0n) is 10.9. The highest BCUT2D eigenvalue weighted by atomic mass is 32.2. The van der Waals surface area contributed by atoms with E-state index >= 15 is 0 Å². The summed E-state index contributed by atoms with van der Waals surface area (Å²) in [6, 6.07) is 4.90. The quantitative estimate of drug-likeness (QED) is 0.903. The molecule has 1 atom stereocenters. The van der Waals surface area contributed by atoms with Crippen molar-refractivity contribution in [2.45, 2.75) is 18.1 Å². The minimum absolute atomic E-state index is 0.00515. The van der Waals surface area contributed by atoms with E-state index in [9.17, 15) is 14.7 Å². The van der Waals surface area contributed by atoms with Crippen LogP contribution in [0.4, 0.5) is 5.69 Å². The summed E-state index contributed by atoms with van der Waals surface area (Å²) in [7, 11) is 0. The first-order valence-corrected chi connectivity index (χ1v) is 7.65. The summed E-state index contributed by atoms with van der Waals surface area (Å²) in [5.74, 6) is 0.358. The van der Waals surface area contributed by atoms with Gasteiger partial charge in [-0.1, -0.05) is 6.07 Å². The molecule has 1 N–H and O–H groups in total. The number of carboxylic acids is 1. The summed E-state index contributed by atoms with van der Waals surface area (Å²) >= 11 is 1.68. The van der Waals surface area contributed by atoms with Gasteiger partial charge in [0.15, 0.2) is 5.75 Å². The number of aromatic carboxylic acids is 1. The van der Waals surface area contributed by atoms with Crippen molar-refractivity contribution in [3.63, 3.8) is 0 Å². The van der Waals surface area contributed by atoms with Gasteiger partial charge in [-0.2, -0.15) is 0 Å². The zero-order valence-corrected chi connectivity index (χ0v) is 11.7. The third-order valence-electron chi connectivity index (χ3n) is 3.55. The summed E-state index contributed by atoms with van der Waals surface area (Å²) in [5.41, 5.74) is 0.688. The van der Waals surface area contributed by atoms with E-state index in [1.54, 1.807) is 28.8 Å². The lowest BCUT2D eigenvalue weighted by molar-refractivity contribution is -0.118. The fourth-order valence-electron chi connectivity index (χ4n) is 2.59. The van der Waals surface area contributed by atoms with Gasteiger partial charge in [0.2, 0.25) is 5.91 Å². The maximum Gasteiger partial charge on any atom is 0.339 e. The molecule has 1 amide bonds. The molecule has 0 spiro atoms. The number of thioether (sulfide) groups is 1. The van der Waals surface area contributed by atoms with Crippen molar-refractivity contribution in [1.82, 2.24) is 0 Å². The molecule has 1 aromatic carbocycles. The Labute approximate surface area is 120 Å². The minimum Gasteiger partial charge on any atom is -0.489 e. The van der Waals surface area contributed by atoms with Crippen LogP contribution in [0.15, 0.2) is 18.2 Å². The molecular formula is C14H15NO4S. The molecule has 5 nitrogen and oxygen atoms in total. The second kappa shape index (κ2) is 5.36. The SMILES string of the molecule is O=C(O)c1cccc2c1OCCN2C(=O)C1CCCS1. The Morgan fingerprint density at radius 1 is 1.40 bits per heavy atom. The minimum atomic E-state index is -1.04. The number of ether oxygens (including phenoxy) is 1. The summed E-state index contributed by atoms with van der Waals surface area (Å²) in [5, 5.41) is 9.18. The van der Waals surface area contributed by atoms with Crippen molar-refractivity contribution >= 4 is 29.3 Å². The van der Waals surface area contributed by atoms with Crippen LogP contribution in [0, 0.1) is 0 Å². The van der Waals surface area contributed by atoms with Crippen molar-refractivity contribution in [2.75, 3.05) is 23.8 Å². The highest BCUT2D eigenvalue weighted by molar-refractivity contribution is 8.00. The van der Waals surface area contributed by atoms with Crippen molar-refractivity contribution in [1.29, 1.82) is 0 Å². The summed E-state index contributed by atoms with van der Waals surface area (Å²) in [6.45, 7) is 0.812. The second-order valence-electron chi connectivity index (χ2n) is 4.80. The monoisotopic (exact) mass is 293 g/mol. The Bertz CT molecular complexity index is 554. The van der Waals surface area contributed by atoms with Crippen molar-refractivity contribution in [2.24, 2.45) is 0 Å². The van der Waals surface area contributed by atoms with E-state index in [2.05, 4.69) is 0 Å². The van der Waals surface area contributed by atoms with Gasteiger partial charge in [0.1, 0.15) is 12.2 Å². The number of hydrogen-bond acceptors (Lipinski definition) is 4. The van der Waals surface area contributed by atoms with Crippen LogP contribution in [0.25, 0.3) is 0 Å². The molecule has 2 aliphatic heterocycles. The van der Waals surface area contributed by atoms with Gasteiger partial charge in [-0.15, -0.1) is 11.8 Å². The first-order chi connectivity index (χ1) is 9.68. The molecule has 0 bridgehead atoms. The summed E-state index contributed by atoms with van der Waals surface area (Å²) in [6.07, 6.45) is 1.96. The molecule has 0 saturated carbocycles. The van der Waals surface area contributed by atoms with Crippen molar-refractivity contribution < 1.29 is 19.4 Å². The van der Waals surface area contributed by atoms with Gasteiger partial charge < -0.3 is 14.7 Å². The third-order valence-corrected chi connectivity index (χ3v) is 4.91. The van der Waals surface area contributed by atoms with Gasteiger partial charge in [0.05, 0.1) is 17.5 Å². The van der Waals surface area contributed by atoms with Gasteiger partial charge in [0.25, 0.3) is 0 Å². The van der Waals surface area contributed by atoms with Crippen LogP contribution in [-0.4, -0.2) is 41.1 Å². The van der Waals surface area contributed by atoms with Crippen LogP contribution in [0.3, 0.4) is 0 Å². The number of hydrogen-bond donors (Lipinski definition) is 1. The largest absolute Gasteiger partial charge is 0.489 e. The molecule has 2 aliphatic rings. The lowest BCUT2D eigenvalue weighted by Crippen LogP contribution is -2.42. The van der Waals surface area contributed by atoms with Crippen molar-refractivity contribution in [3.8, 4) is 5.75 Å². The van der Waals surface area contributed by atoms with E-state index < -0.39 is 5.97 Å². The number of amides is 1. The van der Waals surface area contributed by atoms with E-state index in [1.165, 1.54) is 6.07 Å². The molecule has 0 radical (unpaired) electrons. The fourth-order valence-corrected chi connectivity index (χ4v) is 3.81. The molecule has 1 saturated heterocycles. The number of rotatable bonds is 2. The molecule has 1 aromatic rings. The Morgan fingerprint density at radius 2 is 2.25 bits per heavy atom. The molecule has 1 unspecified atom stereocenters. The topological polar surface area (TPSA) is 66.8 Å². The molecule has 0 aliphatic carbocycles. The van der Waals surface area contributed by atoms with E-state index in [0.29, 0.717) is 24.6 Å². The Morgan fingerprint density at radius 3 is 2.95 bits per heavy atom. The number of para-hydroxylation sites is 1. The summed E-state index contributed by atoms with van der Waals surface area (Å²) < 4.78 is 5.48. The number of carboxylic acid groups (broad SMARTS) is 1. The maximum atomic E-state index is 12.5. The number of carbonyl (C=O) groups excluding carboxylic acids is 1. The smallest absolute Gasteiger partial charge is 0.339 e. The third kappa shape index (κ3) is 2.24. The molecule has 20 heavy (non-hydrogen) atoms. The molecule has 1 fully saturated rings. The second-order valence-corrected chi connectivity index (χ2v) is 6.11. The van der Waals surface area contributed by atoms with Crippen LogP contribution < -0.4 is 9.64 Å². The highest BCUT2D eigenvalue weighted by Crippen LogP contribution is 2.37. The molecule has 0 aromatic heterocycles. The maximum absolute atomic E-state index is 12.5. The Kier molecular flexibility index (Phi) is 3.56. The average Bonchev–Trinajstić information content (AvgIpc) is 2.99. The number of anilines is 1. The lowest BCUT2D eigenvalue weighted by Gasteiger charge is -2.31. The molecule has 106 valence electrons. The van der Waals surface area contributed by atoms with E-state index in [0.717, 1.165) is 18.6 Å².